The minimum atomic E-state index is -1.96. The van der Waals surface area contributed by atoms with Crippen molar-refractivity contribution in [2.45, 2.75) is 44.7 Å². The second-order valence-corrected chi connectivity index (χ2v) is 13.7. The van der Waals surface area contributed by atoms with Crippen molar-refractivity contribution < 1.29 is 9.53 Å². The van der Waals surface area contributed by atoms with Gasteiger partial charge in [0, 0.05) is 13.1 Å². The van der Waals surface area contributed by atoms with Crippen LogP contribution >= 0.6 is 0 Å². The fourth-order valence-electron chi connectivity index (χ4n) is 4.20. The van der Waals surface area contributed by atoms with E-state index in [4.69, 9.17) is 4.74 Å². The molecule has 0 N–H and O–H groups in total. The van der Waals surface area contributed by atoms with Crippen LogP contribution in [0.2, 0.25) is 18.6 Å². The van der Waals surface area contributed by atoms with Gasteiger partial charge in [-0.1, -0.05) is 116 Å². The largest absolute Gasteiger partial charge is 0.468 e. The molecule has 4 heteroatoms. The van der Waals surface area contributed by atoms with Crippen molar-refractivity contribution in [2.75, 3.05) is 7.11 Å². The molecule has 0 saturated heterocycles. The second-order valence-electron chi connectivity index (χ2n) is 8.72. The fourth-order valence-corrected chi connectivity index (χ4v) is 6.92. The van der Waals surface area contributed by atoms with Crippen molar-refractivity contribution in [2.24, 2.45) is 0 Å². The van der Waals surface area contributed by atoms with Crippen LogP contribution in [0.3, 0.4) is 0 Å². The van der Waals surface area contributed by atoms with Crippen LogP contribution in [0.4, 0.5) is 0 Å². The highest BCUT2D eigenvalue weighted by molar-refractivity contribution is 6.91. The number of hydrogen-bond acceptors (Lipinski definition) is 3. The number of carbonyl (C=O) groups excluding carboxylic acids is 1. The molecule has 0 aliphatic heterocycles. The van der Waals surface area contributed by atoms with Gasteiger partial charge in [-0.3, -0.25) is 9.69 Å². The van der Waals surface area contributed by atoms with E-state index in [1.807, 2.05) is 18.2 Å². The van der Waals surface area contributed by atoms with E-state index in [0.717, 1.165) is 0 Å². The predicted octanol–water partition coefficient (Wildman–Crippen LogP) is 5.24. The second kappa shape index (κ2) is 10.6. The highest BCUT2D eigenvalue weighted by Gasteiger charge is 2.42. The number of carbonyl (C=O) groups is 1. The van der Waals surface area contributed by atoms with E-state index in [-0.39, 0.29) is 17.6 Å². The molecule has 162 valence electrons. The molecule has 3 aromatic carbocycles. The van der Waals surface area contributed by atoms with Crippen LogP contribution in [0, 0.1) is 0 Å². The lowest BCUT2D eigenvalue weighted by molar-refractivity contribution is -0.147. The summed E-state index contributed by atoms with van der Waals surface area (Å²) in [7, 11) is -0.462. The maximum Gasteiger partial charge on any atom is 0.323 e. The number of methoxy groups -OCH3 is 1. The van der Waals surface area contributed by atoms with Crippen LogP contribution in [-0.4, -0.2) is 32.1 Å². The lowest BCUT2D eigenvalue weighted by Crippen LogP contribution is -2.55. The Labute approximate surface area is 187 Å². The van der Waals surface area contributed by atoms with Gasteiger partial charge >= 0.3 is 5.97 Å². The number of hydrogen-bond donors (Lipinski definition) is 0. The molecule has 0 radical (unpaired) electrons. The zero-order chi connectivity index (χ0) is 22.3. The lowest BCUT2D eigenvalue weighted by atomic mass is 10.1. The monoisotopic (exact) mass is 431 g/mol. The summed E-state index contributed by atoms with van der Waals surface area (Å²) in [5, 5.41) is 1.36. The molecule has 0 amide bonds. The number of ether oxygens (including phenoxy) is 1. The average molecular weight is 432 g/mol. The first-order valence-corrected chi connectivity index (χ1v) is 14.0. The first-order chi connectivity index (χ1) is 14.9. The minimum absolute atomic E-state index is 0.157. The van der Waals surface area contributed by atoms with Crippen molar-refractivity contribution in [1.82, 2.24) is 4.90 Å². The summed E-state index contributed by atoms with van der Waals surface area (Å²) in [4.78, 5) is 15.5. The number of benzene rings is 3. The Morgan fingerprint density at radius 1 is 0.806 bits per heavy atom. The Morgan fingerprint density at radius 3 is 1.65 bits per heavy atom. The van der Waals surface area contributed by atoms with Gasteiger partial charge in [0.15, 0.2) is 0 Å². The maximum atomic E-state index is 13.2. The Hall–Kier alpha value is -2.69. The Bertz CT molecular complexity index is 903. The van der Waals surface area contributed by atoms with Gasteiger partial charge in [0.1, 0.15) is 6.04 Å². The van der Waals surface area contributed by atoms with Gasteiger partial charge in [0.05, 0.1) is 15.2 Å². The molecule has 2 atom stereocenters. The Morgan fingerprint density at radius 2 is 1.23 bits per heavy atom. The van der Waals surface area contributed by atoms with E-state index in [1.165, 1.54) is 23.4 Å². The molecule has 0 bridgehead atoms. The zero-order valence-corrected chi connectivity index (χ0v) is 20.0. The van der Waals surface area contributed by atoms with Crippen LogP contribution in [0.1, 0.15) is 18.1 Å². The van der Waals surface area contributed by atoms with Gasteiger partial charge < -0.3 is 4.74 Å². The summed E-state index contributed by atoms with van der Waals surface area (Å²) in [6.45, 7) is 8.32. The summed E-state index contributed by atoms with van der Waals surface area (Å²) in [5.41, 5.74) is 2.55. The van der Waals surface area contributed by atoms with Crippen LogP contribution < -0.4 is 5.19 Å². The number of nitrogens with zero attached hydrogens (tertiary/aromatic N) is 1. The van der Waals surface area contributed by atoms with E-state index in [9.17, 15) is 4.79 Å². The predicted molar refractivity (Wildman–Crippen MR) is 131 cm³/mol. The molecule has 0 aliphatic carbocycles. The van der Waals surface area contributed by atoms with Gasteiger partial charge in [-0.05, 0) is 16.7 Å². The van der Waals surface area contributed by atoms with Crippen molar-refractivity contribution >= 4 is 19.2 Å². The molecule has 0 saturated carbocycles. The van der Waals surface area contributed by atoms with Gasteiger partial charge in [-0.25, -0.2) is 0 Å². The fraction of sp³-hybridized carbons (Fsp3) is 0.296. The Balaban J connectivity index is 2.00. The summed E-state index contributed by atoms with van der Waals surface area (Å²) in [5.74, 6) is -0.157. The smallest absolute Gasteiger partial charge is 0.323 e. The molecular formula is C27H33NO2Si. The first kappa shape index (κ1) is 23.0. The molecule has 0 unspecified atom stereocenters. The van der Waals surface area contributed by atoms with Gasteiger partial charge in [0.2, 0.25) is 0 Å². The van der Waals surface area contributed by atoms with Crippen molar-refractivity contribution in [3.63, 3.8) is 0 Å². The molecule has 0 aliphatic rings. The molecule has 0 fully saturated rings. The average Bonchev–Trinajstić information content (AvgIpc) is 2.80. The van der Waals surface area contributed by atoms with Crippen molar-refractivity contribution in [1.29, 1.82) is 0 Å². The third-order valence-corrected chi connectivity index (χ3v) is 10.8. The summed E-state index contributed by atoms with van der Waals surface area (Å²) in [6, 6.07) is 31.1. The minimum Gasteiger partial charge on any atom is -0.468 e. The van der Waals surface area contributed by atoms with Crippen LogP contribution in [0.15, 0.2) is 91.0 Å². The van der Waals surface area contributed by atoms with Gasteiger partial charge in [-0.15, -0.1) is 0 Å². The van der Waals surface area contributed by atoms with E-state index < -0.39 is 8.07 Å². The standard InChI is InChI=1S/C27H33NO2Si/c1-22(31(3,4)25-18-12-7-13-19-25)26(27(29)30-2)28(20-23-14-8-5-9-15-23)21-24-16-10-6-11-17-24/h5-19,22,26H,20-21H2,1-4H3/t22-,26-/m0/s1. The molecule has 0 spiro atoms. The number of esters is 1. The van der Waals surface area contributed by atoms with E-state index >= 15 is 0 Å². The van der Waals surface area contributed by atoms with Crippen LogP contribution in [0.5, 0.6) is 0 Å². The highest BCUT2D eigenvalue weighted by Crippen LogP contribution is 2.31. The third kappa shape index (κ3) is 5.72. The summed E-state index contributed by atoms with van der Waals surface area (Å²) < 4.78 is 5.36. The van der Waals surface area contributed by atoms with E-state index in [1.54, 1.807) is 0 Å². The van der Waals surface area contributed by atoms with Crippen molar-refractivity contribution in [3.8, 4) is 0 Å². The molecule has 0 heterocycles. The maximum absolute atomic E-state index is 13.2. The Kier molecular flexibility index (Phi) is 7.83. The summed E-state index contributed by atoms with van der Waals surface area (Å²) >= 11 is 0. The quantitative estimate of drug-likeness (QED) is 0.343. The lowest BCUT2D eigenvalue weighted by Gasteiger charge is -2.40. The third-order valence-electron chi connectivity index (χ3n) is 6.42. The molecular weight excluding hydrogens is 398 g/mol. The zero-order valence-electron chi connectivity index (χ0n) is 19.0. The van der Waals surface area contributed by atoms with Gasteiger partial charge in [-0.2, -0.15) is 0 Å². The van der Waals surface area contributed by atoms with Crippen LogP contribution in [-0.2, 0) is 22.6 Å². The number of rotatable bonds is 9. The summed E-state index contributed by atoms with van der Waals surface area (Å²) in [6.07, 6.45) is 0. The molecule has 31 heavy (non-hydrogen) atoms. The van der Waals surface area contributed by atoms with Crippen molar-refractivity contribution in [3.05, 3.63) is 102 Å². The first-order valence-electron chi connectivity index (χ1n) is 10.9. The van der Waals surface area contributed by atoms with Gasteiger partial charge in [0.25, 0.3) is 0 Å². The SMILES string of the molecule is COC(=O)[C@H]([C@H](C)[Si](C)(C)c1ccccc1)N(Cc1ccccc1)Cc1ccccc1. The normalized spacial score (nSPS) is 13.6. The molecule has 0 aromatic heterocycles. The molecule has 3 aromatic rings. The molecule has 3 nitrogen and oxygen atoms in total. The molecule has 3 rings (SSSR count). The van der Waals surface area contributed by atoms with E-state index in [2.05, 4.69) is 97.7 Å². The highest BCUT2D eigenvalue weighted by atomic mass is 28.3. The van der Waals surface area contributed by atoms with Crippen LogP contribution in [0.25, 0.3) is 0 Å². The van der Waals surface area contributed by atoms with E-state index in [0.29, 0.717) is 13.1 Å². The topological polar surface area (TPSA) is 29.5 Å².